The maximum Gasteiger partial charge on any atom is 0.301 e. The number of rotatable bonds is 6. The highest BCUT2D eigenvalue weighted by Crippen LogP contribution is 2.14. The summed E-state index contributed by atoms with van der Waals surface area (Å²) in [7, 11) is 0. The molecule has 0 bridgehead atoms. The van der Waals surface area contributed by atoms with Crippen molar-refractivity contribution in [1.82, 2.24) is 14.9 Å². The van der Waals surface area contributed by atoms with Gasteiger partial charge in [0.15, 0.2) is 11.5 Å². The van der Waals surface area contributed by atoms with Crippen molar-refractivity contribution in [2.24, 2.45) is 5.10 Å². The lowest BCUT2D eigenvalue weighted by molar-refractivity contribution is 0.306. The molecule has 3 aromatic carbocycles. The van der Waals surface area contributed by atoms with Gasteiger partial charge in [0.25, 0.3) is 0 Å². The molecule has 4 rings (SSSR count). The first-order valence-corrected chi connectivity index (χ1v) is 9.53. The number of benzene rings is 3. The molecule has 0 unspecified atom stereocenters. The van der Waals surface area contributed by atoms with Crippen LogP contribution in [-0.2, 0) is 6.61 Å². The van der Waals surface area contributed by atoms with Crippen LogP contribution in [0.1, 0.15) is 17.0 Å². The van der Waals surface area contributed by atoms with E-state index in [1.54, 1.807) is 13.1 Å². The second-order valence-corrected chi connectivity index (χ2v) is 6.67. The smallest absolute Gasteiger partial charge is 0.301 e. The van der Waals surface area contributed by atoms with Gasteiger partial charge in [-0.25, -0.2) is 0 Å². The van der Waals surface area contributed by atoms with E-state index in [9.17, 15) is 4.79 Å². The van der Waals surface area contributed by atoms with Gasteiger partial charge < -0.3 is 4.74 Å². The zero-order chi connectivity index (χ0) is 20.8. The molecule has 1 aromatic heterocycles. The monoisotopic (exact) mass is 396 g/mol. The van der Waals surface area contributed by atoms with Crippen molar-refractivity contribution in [2.75, 3.05) is 0 Å². The van der Waals surface area contributed by atoms with Crippen molar-refractivity contribution in [3.63, 3.8) is 0 Å². The Morgan fingerprint density at radius 3 is 2.27 bits per heavy atom. The SMILES string of the molecule is Cc1nnc(-c2ccccc2)c(=O)n1/N=C/c1ccc(OCc2ccccc2)cc1. The topological polar surface area (TPSA) is 69.4 Å². The normalized spacial score (nSPS) is 11.0. The fourth-order valence-electron chi connectivity index (χ4n) is 2.88. The molecule has 0 radical (unpaired) electrons. The summed E-state index contributed by atoms with van der Waals surface area (Å²) in [6.45, 7) is 2.20. The van der Waals surface area contributed by atoms with Gasteiger partial charge in [0.2, 0.25) is 0 Å². The Bertz CT molecular complexity index is 1200. The summed E-state index contributed by atoms with van der Waals surface area (Å²) in [6, 6.07) is 26.7. The minimum atomic E-state index is -0.312. The van der Waals surface area contributed by atoms with Crippen molar-refractivity contribution in [1.29, 1.82) is 0 Å². The third kappa shape index (κ3) is 4.50. The van der Waals surface area contributed by atoms with Gasteiger partial charge in [0.05, 0.1) is 6.21 Å². The number of nitrogens with zero attached hydrogens (tertiary/aromatic N) is 4. The summed E-state index contributed by atoms with van der Waals surface area (Å²) in [6.07, 6.45) is 1.62. The van der Waals surface area contributed by atoms with Crippen LogP contribution in [0.5, 0.6) is 5.75 Å². The lowest BCUT2D eigenvalue weighted by Crippen LogP contribution is -2.23. The summed E-state index contributed by atoms with van der Waals surface area (Å²) < 4.78 is 7.05. The van der Waals surface area contributed by atoms with E-state index in [-0.39, 0.29) is 11.3 Å². The van der Waals surface area contributed by atoms with Gasteiger partial charge in [-0.3, -0.25) is 4.79 Å². The average Bonchev–Trinajstić information content (AvgIpc) is 2.80. The van der Waals surface area contributed by atoms with Crippen molar-refractivity contribution in [2.45, 2.75) is 13.5 Å². The van der Waals surface area contributed by atoms with Gasteiger partial charge in [0, 0.05) is 5.56 Å². The zero-order valence-electron chi connectivity index (χ0n) is 16.5. The summed E-state index contributed by atoms with van der Waals surface area (Å²) in [5, 5.41) is 12.4. The molecule has 0 amide bonds. The molecule has 0 saturated carbocycles. The van der Waals surface area contributed by atoms with Gasteiger partial charge in [0.1, 0.15) is 12.4 Å². The second kappa shape index (κ2) is 8.96. The van der Waals surface area contributed by atoms with Gasteiger partial charge in [-0.05, 0) is 42.3 Å². The Morgan fingerprint density at radius 2 is 1.57 bits per heavy atom. The molecule has 6 nitrogen and oxygen atoms in total. The molecule has 1 heterocycles. The van der Waals surface area contributed by atoms with E-state index in [1.807, 2.05) is 84.9 Å². The molecule has 30 heavy (non-hydrogen) atoms. The predicted octanol–water partition coefficient (Wildman–Crippen LogP) is 4.07. The molecule has 148 valence electrons. The first-order chi connectivity index (χ1) is 14.7. The number of aromatic nitrogens is 3. The fraction of sp³-hybridized carbons (Fsp3) is 0.0833. The minimum Gasteiger partial charge on any atom is -0.489 e. The quantitative estimate of drug-likeness (QED) is 0.461. The van der Waals surface area contributed by atoms with Crippen molar-refractivity contribution >= 4 is 6.21 Å². The lowest BCUT2D eigenvalue weighted by atomic mass is 10.2. The Morgan fingerprint density at radius 1 is 0.900 bits per heavy atom. The molecule has 0 atom stereocenters. The van der Waals surface area contributed by atoms with Crippen LogP contribution in [0.2, 0.25) is 0 Å². The van der Waals surface area contributed by atoms with E-state index in [0.717, 1.165) is 16.9 Å². The lowest BCUT2D eigenvalue weighted by Gasteiger charge is -2.07. The third-order valence-corrected chi connectivity index (χ3v) is 4.49. The average molecular weight is 396 g/mol. The maximum absolute atomic E-state index is 12.8. The van der Waals surface area contributed by atoms with Crippen LogP contribution in [-0.4, -0.2) is 21.1 Å². The molecular formula is C24H20N4O2. The third-order valence-electron chi connectivity index (χ3n) is 4.49. The highest BCUT2D eigenvalue weighted by molar-refractivity contribution is 5.79. The summed E-state index contributed by atoms with van der Waals surface area (Å²) in [5.41, 5.74) is 2.61. The highest BCUT2D eigenvalue weighted by Gasteiger charge is 2.10. The molecule has 0 fully saturated rings. The first kappa shape index (κ1) is 19.3. The minimum absolute atomic E-state index is 0.267. The van der Waals surface area contributed by atoms with Crippen LogP contribution in [0, 0.1) is 6.92 Å². The van der Waals surface area contributed by atoms with Crippen molar-refractivity contribution in [3.05, 3.63) is 112 Å². The summed E-state index contributed by atoms with van der Waals surface area (Å²) in [5.74, 6) is 1.18. The molecule has 0 aliphatic rings. The molecule has 4 aromatic rings. The van der Waals surface area contributed by atoms with Gasteiger partial charge in [-0.1, -0.05) is 60.7 Å². The molecule has 0 saturated heterocycles. The van der Waals surface area contributed by atoms with Crippen LogP contribution >= 0.6 is 0 Å². The Kier molecular flexibility index (Phi) is 5.75. The Labute approximate surface area is 174 Å². The zero-order valence-corrected chi connectivity index (χ0v) is 16.5. The Hall–Kier alpha value is -4.06. The largest absolute Gasteiger partial charge is 0.489 e. The maximum atomic E-state index is 12.8. The predicted molar refractivity (Wildman–Crippen MR) is 117 cm³/mol. The van der Waals surface area contributed by atoms with Crippen molar-refractivity contribution < 1.29 is 4.74 Å². The van der Waals surface area contributed by atoms with E-state index in [2.05, 4.69) is 15.3 Å². The molecule has 0 aliphatic carbocycles. The van der Waals surface area contributed by atoms with Crippen LogP contribution in [0.25, 0.3) is 11.3 Å². The molecular weight excluding hydrogens is 376 g/mol. The standard InChI is InChI=1S/C24H20N4O2/c1-18-26-27-23(21-10-6-3-7-11-21)24(29)28(18)25-16-19-12-14-22(15-13-19)30-17-20-8-4-2-5-9-20/h2-16H,17H2,1H3/b25-16+. The summed E-state index contributed by atoms with van der Waals surface area (Å²) >= 11 is 0. The van der Waals surface area contributed by atoms with Gasteiger partial charge >= 0.3 is 5.56 Å². The number of aryl methyl sites for hydroxylation is 1. The van der Waals surface area contributed by atoms with Crippen molar-refractivity contribution in [3.8, 4) is 17.0 Å². The molecule has 0 spiro atoms. The highest BCUT2D eigenvalue weighted by atomic mass is 16.5. The first-order valence-electron chi connectivity index (χ1n) is 9.53. The molecule has 0 aliphatic heterocycles. The second-order valence-electron chi connectivity index (χ2n) is 6.67. The number of hydrogen-bond acceptors (Lipinski definition) is 5. The van der Waals surface area contributed by atoms with Gasteiger partial charge in [-0.2, -0.15) is 9.78 Å². The molecule has 0 N–H and O–H groups in total. The van der Waals surface area contributed by atoms with E-state index in [0.29, 0.717) is 18.0 Å². The fourth-order valence-corrected chi connectivity index (χ4v) is 2.88. The van der Waals surface area contributed by atoms with E-state index in [1.165, 1.54) is 4.68 Å². The summed E-state index contributed by atoms with van der Waals surface area (Å²) in [4.78, 5) is 12.8. The number of hydrogen-bond donors (Lipinski definition) is 0. The Balaban J connectivity index is 1.50. The van der Waals surface area contributed by atoms with Gasteiger partial charge in [-0.15, -0.1) is 10.2 Å². The van der Waals surface area contributed by atoms with Crippen LogP contribution in [0.15, 0.2) is 94.8 Å². The van der Waals surface area contributed by atoms with Crippen LogP contribution in [0.4, 0.5) is 0 Å². The van der Waals surface area contributed by atoms with E-state index < -0.39 is 0 Å². The number of ether oxygens (including phenoxy) is 1. The van der Waals surface area contributed by atoms with Crippen LogP contribution in [0.3, 0.4) is 0 Å². The molecule has 6 heteroatoms. The van der Waals surface area contributed by atoms with E-state index >= 15 is 0 Å². The van der Waals surface area contributed by atoms with Crippen LogP contribution < -0.4 is 10.3 Å². The van der Waals surface area contributed by atoms with E-state index in [4.69, 9.17) is 4.74 Å².